The average molecular weight is 255 g/mol. The van der Waals surface area contributed by atoms with Crippen molar-refractivity contribution in [3.63, 3.8) is 0 Å². The topological polar surface area (TPSA) is 21.3 Å². The van der Waals surface area contributed by atoms with Crippen molar-refractivity contribution in [1.29, 1.82) is 0 Å². The van der Waals surface area contributed by atoms with E-state index in [0.717, 1.165) is 17.7 Å². The Labute approximate surface area is 115 Å². The van der Waals surface area contributed by atoms with Gasteiger partial charge in [0, 0.05) is 6.04 Å². The molecular weight excluding hydrogens is 234 g/mol. The van der Waals surface area contributed by atoms with E-state index in [9.17, 15) is 0 Å². The maximum Gasteiger partial charge on any atom is 0.119 e. The first kappa shape index (κ1) is 13.6. The maximum absolute atomic E-state index is 5.32. The highest BCUT2D eigenvalue weighted by Crippen LogP contribution is 2.25. The molecule has 0 aliphatic heterocycles. The summed E-state index contributed by atoms with van der Waals surface area (Å²) in [6.45, 7) is 6.11. The second-order valence-corrected chi connectivity index (χ2v) is 4.90. The van der Waals surface area contributed by atoms with E-state index < -0.39 is 0 Å². The summed E-state index contributed by atoms with van der Waals surface area (Å²) < 4.78 is 5.32. The highest BCUT2D eigenvalue weighted by Gasteiger charge is 2.10. The van der Waals surface area contributed by atoms with Crippen molar-refractivity contribution in [3.8, 4) is 5.75 Å². The van der Waals surface area contributed by atoms with E-state index in [-0.39, 0.29) is 0 Å². The molecule has 1 N–H and O–H groups in total. The summed E-state index contributed by atoms with van der Waals surface area (Å²) >= 11 is 0. The van der Waals surface area contributed by atoms with Gasteiger partial charge in [0.15, 0.2) is 0 Å². The van der Waals surface area contributed by atoms with Gasteiger partial charge in [-0.05, 0) is 48.9 Å². The molecule has 0 saturated heterocycles. The quantitative estimate of drug-likeness (QED) is 0.825. The molecule has 0 aliphatic carbocycles. The van der Waals surface area contributed by atoms with Crippen LogP contribution in [-0.2, 0) is 6.42 Å². The van der Waals surface area contributed by atoms with Crippen molar-refractivity contribution in [1.82, 2.24) is 5.32 Å². The van der Waals surface area contributed by atoms with Crippen LogP contribution in [0.3, 0.4) is 0 Å². The standard InChI is InChI=1S/C17H21NO/c1-12(2)17(18-3)10-14-7-5-6-13-8-9-15(19-4)11-16(13)14/h5-9,11,17-18H,1,10H2,2-4H3. The van der Waals surface area contributed by atoms with Crippen molar-refractivity contribution in [2.45, 2.75) is 19.4 Å². The molecule has 0 saturated carbocycles. The highest BCUT2D eigenvalue weighted by molar-refractivity contribution is 5.87. The minimum absolute atomic E-state index is 0.303. The third-order valence-corrected chi connectivity index (χ3v) is 3.55. The van der Waals surface area contributed by atoms with Crippen LogP contribution in [0.5, 0.6) is 5.75 Å². The number of hydrogen-bond donors (Lipinski definition) is 1. The second kappa shape index (κ2) is 5.89. The minimum Gasteiger partial charge on any atom is -0.497 e. The fraction of sp³-hybridized carbons (Fsp3) is 0.294. The van der Waals surface area contributed by atoms with E-state index in [1.807, 2.05) is 13.1 Å². The summed E-state index contributed by atoms with van der Waals surface area (Å²) in [5, 5.41) is 5.81. The molecule has 19 heavy (non-hydrogen) atoms. The molecule has 0 aliphatic rings. The van der Waals surface area contributed by atoms with Crippen molar-refractivity contribution >= 4 is 10.8 Å². The van der Waals surface area contributed by atoms with E-state index in [2.05, 4.69) is 49.2 Å². The lowest BCUT2D eigenvalue weighted by Gasteiger charge is -2.17. The maximum atomic E-state index is 5.32. The van der Waals surface area contributed by atoms with E-state index >= 15 is 0 Å². The van der Waals surface area contributed by atoms with E-state index in [4.69, 9.17) is 4.74 Å². The minimum atomic E-state index is 0.303. The second-order valence-electron chi connectivity index (χ2n) is 4.90. The van der Waals surface area contributed by atoms with Crippen LogP contribution in [0.4, 0.5) is 0 Å². The van der Waals surface area contributed by atoms with Gasteiger partial charge in [-0.1, -0.05) is 36.4 Å². The lowest BCUT2D eigenvalue weighted by molar-refractivity contribution is 0.415. The first-order valence-corrected chi connectivity index (χ1v) is 6.54. The van der Waals surface area contributed by atoms with Crippen molar-refractivity contribution in [3.05, 3.63) is 54.1 Å². The zero-order valence-corrected chi connectivity index (χ0v) is 11.9. The van der Waals surface area contributed by atoms with Crippen LogP contribution in [0.15, 0.2) is 48.6 Å². The Morgan fingerprint density at radius 1 is 1.32 bits per heavy atom. The third-order valence-electron chi connectivity index (χ3n) is 3.55. The molecule has 2 rings (SSSR count). The molecular formula is C17H21NO. The van der Waals surface area contributed by atoms with Crippen LogP contribution >= 0.6 is 0 Å². The Morgan fingerprint density at radius 2 is 2.11 bits per heavy atom. The number of ether oxygens (including phenoxy) is 1. The molecule has 1 unspecified atom stereocenters. The van der Waals surface area contributed by atoms with Gasteiger partial charge in [0.1, 0.15) is 5.75 Å². The Bertz CT molecular complexity index is 589. The largest absolute Gasteiger partial charge is 0.497 e. The van der Waals surface area contributed by atoms with Crippen molar-refractivity contribution < 1.29 is 4.74 Å². The molecule has 2 aromatic rings. The van der Waals surface area contributed by atoms with Crippen LogP contribution in [0, 0.1) is 0 Å². The number of nitrogens with one attached hydrogen (secondary N) is 1. The molecule has 0 heterocycles. The van der Waals surface area contributed by atoms with Crippen LogP contribution < -0.4 is 10.1 Å². The van der Waals surface area contributed by atoms with Gasteiger partial charge in [-0.25, -0.2) is 0 Å². The lowest BCUT2D eigenvalue weighted by Crippen LogP contribution is -2.28. The molecule has 0 spiro atoms. The van der Waals surface area contributed by atoms with Gasteiger partial charge in [-0.15, -0.1) is 0 Å². The Morgan fingerprint density at radius 3 is 2.74 bits per heavy atom. The predicted molar refractivity (Wildman–Crippen MR) is 81.9 cm³/mol. The number of fused-ring (bicyclic) bond motifs is 1. The summed E-state index contributed by atoms with van der Waals surface area (Å²) in [5.41, 5.74) is 2.47. The summed E-state index contributed by atoms with van der Waals surface area (Å²) in [5.74, 6) is 0.899. The summed E-state index contributed by atoms with van der Waals surface area (Å²) in [4.78, 5) is 0. The van der Waals surface area contributed by atoms with Gasteiger partial charge in [-0.3, -0.25) is 0 Å². The zero-order chi connectivity index (χ0) is 13.8. The third kappa shape index (κ3) is 2.96. The van der Waals surface area contributed by atoms with Gasteiger partial charge < -0.3 is 10.1 Å². The molecule has 100 valence electrons. The molecule has 0 fully saturated rings. The van der Waals surface area contributed by atoms with Crippen LogP contribution in [0.25, 0.3) is 10.8 Å². The first-order valence-electron chi connectivity index (χ1n) is 6.54. The first-order chi connectivity index (χ1) is 9.15. The molecule has 1 atom stereocenters. The zero-order valence-electron chi connectivity index (χ0n) is 11.9. The van der Waals surface area contributed by atoms with Gasteiger partial charge in [-0.2, -0.15) is 0 Å². The van der Waals surface area contributed by atoms with Gasteiger partial charge in [0.2, 0.25) is 0 Å². The summed E-state index contributed by atoms with van der Waals surface area (Å²) in [6.07, 6.45) is 0.941. The Kier molecular flexibility index (Phi) is 4.23. The SMILES string of the molecule is C=C(C)C(Cc1cccc2ccc(OC)cc12)NC. The number of hydrogen-bond acceptors (Lipinski definition) is 2. The van der Waals surface area contributed by atoms with Gasteiger partial charge in [0.25, 0.3) is 0 Å². The van der Waals surface area contributed by atoms with E-state index in [1.165, 1.54) is 16.3 Å². The summed E-state index contributed by atoms with van der Waals surface area (Å²) in [7, 11) is 3.68. The number of methoxy groups -OCH3 is 1. The van der Waals surface area contributed by atoms with Crippen LogP contribution in [-0.4, -0.2) is 20.2 Å². The summed E-state index contributed by atoms with van der Waals surface area (Å²) in [6, 6.07) is 12.9. The molecule has 0 radical (unpaired) electrons. The normalized spacial score (nSPS) is 12.4. The fourth-order valence-corrected chi connectivity index (χ4v) is 2.36. The molecule has 0 bridgehead atoms. The Balaban J connectivity index is 2.44. The monoisotopic (exact) mass is 255 g/mol. The molecule has 2 aromatic carbocycles. The molecule has 2 nitrogen and oxygen atoms in total. The van der Waals surface area contributed by atoms with E-state index in [1.54, 1.807) is 7.11 Å². The molecule has 0 aromatic heterocycles. The Hall–Kier alpha value is -1.80. The van der Waals surface area contributed by atoms with Crippen molar-refractivity contribution in [2.24, 2.45) is 0 Å². The average Bonchev–Trinajstić information content (AvgIpc) is 2.43. The molecule has 2 heteroatoms. The van der Waals surface area contributed by atoms with Crippen LogP contribution in [0.1, 0.15) is 12.5 Å². The molecule has 0 amide bonds. The van der Waals surface area contributed by atoms with Gasteiger partial charge >= 0.3 is 0 Å². The number of likely N-dealkylation sites (N-methyl/N-ethyl adjacent to an activating group) is 1. The fourth-order valence-electron chi connectivity index (χ4n) is 2.36. The van der Waals surface area contributed by atoms with Crippen molar-refractivity contribution in [2.75, 3.05) is 14.2 Å². The number of benzene rings is 2. The van der Waals surface area contributed by atoms with Crippen LogP contribution in [0.2, 0.25) is 0 Å². The van der Waals surface area contributed by atoms with Gasteiger partial charge in [0.05, 0.1) is 7.11 Å². The smallest absolute Gasteiger partial charge is 0.119 e. The highest BCUT2D eigenvalue weighted by atomic mass is 16.5. The van der Waals surface area contributed by atoms with E-state index in [0.29, 0.717) is 6.04 Å². The predicted octanol–water partition coefficient (Wildman–Crippen LogP) is 3.56. The number of rotatable bonds is 5. The lowest BCUT2D eigenvalue weighted by atomic mass is 9.96.